The zero-order valence-corrected chi connectivity index (χ0v) is 14.3. The monoisotopic (exact) mass is 345 g/mol. The minimum atomic E-state index is -0.609. The van der Waals surface area contributed by atoms with Crippen molar-refractivity contribution in [1.29, 1.82) is 0 Å². The SMILES string of the molecule is C[C@H](NC(=O)c1cc2cc(Cl)ccc2oc1=O)[C@H]1C[C@H]2CC[C@H]1C2. The molecule has 5 heteroatoms. The summed E-state index contributed by atoms with van der Waals surface area (Å²) in [5.41, 5.74) is -0.135. The molecule has 2 saturated carbocycles. The Labute approximate surface area is 145 Å². The lowest BCUT2D eigenvalue weighted by atomic mass is 9.84. The Bertz CT molecular complexity index is 859. The van der Waals surface area contributed by atoms with Gasteiger partial charge in [0, 0.05) is 16.5 Å². The zero-order chi connectivity index (χ0) is 16.8. The van der Waals surface area contributed by atoms with E-state index in [0.29, 0.717) is 21.9 Å². The number of nitrogens with one attached hydrogen (secondary N) is 1. The standard InChI is InChI=1S/C19H20ClNO3/c1-10(15-7-11-2-3-12(15)6-11)21-18(22)16-9-13-8-14(20)4-5-17(13)24-19(16)23/h4-5,8-12,15H,2-3,6-7H2,1H3,(H,21,22)/t10-,11-,12-,15+/m0/s1. The first-order chi connectivity index (χ1) is 11.5. The van der Waals surface area contributed by atoms with Gasteiger partial charge in [-0.05, 0) is 68.2 Å². The lowest BCUT2D eigenvalue weighted by Gasteiger charge is -2.28. The van der Waals surface area contributed by atoms with Crippen LogP contribution in [0.2, 0.25) is 5.02 Å². The maximum absolute atomic E-state index is 12.6. The fourth-order valence-electron chi connectivity index (χ4n) is 4.55. The predicted molar refractivity (Wildman–Crippen MR) is 93.4 cm³/mol. The van der Waals surface area contributed by atoms with Crippen LogP contribution in [0.5, 0.6) is 0 Å². The molecule has 1 aromatic carbocycles. The summed E-state index contributed by atoms with van der Waals surface area (Å²) in [5, 5.41) is 4.20. The molecule has 1 heterocycles. The maximum Gasteiger partial charge on any atom is 0.349 e. The molecule has 2 aliphatic carbocycles. The zero-order valence-electron chi connectivity index (χ0n) is 13.5. The van der Waals surface area contributed by atoms with Gasteiger partial charge >= 0.3 is 5.63 Å². The van der Waals surface area contributed by atoms with E-state index in [2.05, 4.69) is 5.32 Å². The molecule has 24 heavy (non-hydrogen) atoms. The molecule has 1 aromatic heterocycles. The molecule has 1 amide bonds. The van der Waals surface area contributed by atoms with Gasteiger partial charge in [-0.2, -0.15) is 0 Å². The van der Waals surface area contributed by atoms with Crippen LogP contribution in [0.1, 0.15) is 43.0 Å². The summed E-state index contributed by atoms with van der Waals surface area (Å²) in [6.45, 7) is 2.04. The van der Waals surface area contributed by atoms with Crippen LogP contribution >= 0.6 is 11.6 Å². The third kappa shape index (κ3) is 2.73. The molecular weight excluding hydrogens is 326 g/mol. The number of halogens is 1. The summed E-state index contributed by atoms with van der Waals surface area (Å²) in [5.74, 6) is 1.71. The second-order valence-electron chi connectivity index (χ2n) is 7.23. The highest BCUT2D eigenvalue weighted by Gasteiger charge is 2.42. The Morgan fingerprint density at radius 2 is 2.12 bits per heavy atom. The van der Waals surface area contributed by atoms with Crippen LogP contribution in [0.15, 0.2) is 33.5 Å². The predicted octanol–water partition coefficient (Wildman–Crippen LogP) is 4.00. The van der Waals surface area contributed by atoms with Gasteiger partial charge in [-0.25, -0.2) is 4.79 Å². The van der Waals surface area contributed by atoms with Crippen molar-refractivity contribution < 1.29 is 9.21 Å². The third-order valence-electron chi connectivity index (χ3n) is 5.73. The van der Waals surface area contributed by atoms with Crippen LogP contribution in [0.4, 0.5) is 0 Å². The molecule has 4 rings (SSSR count). The van der Waals surface area contributed by atoms with Gasteiger partial charge in [-0.1, -0.05) is 18.0 Å². The van der Waals surface area contributed by atoms with E-state index in [9.17, 15) is 9.59 Å². The molecule has 0 radical (unpaired) electrons. The molecule has 0 saturated heterocycles. The summed E-state index contributed by atoms with van der Waals surface area (Å²) >= 11 is 5.98. The molecule has 0 aliphatic heterocycles. The van der Waals surface area contributed by atoms with Crippen molar-refractivity contribution in [2.45, 2.75) is 38.6 Å². The van der Waals surface area contributed by atoms with Gasteiger partial charge < -0.3 is 9.73 Å². The average Bonchev–Trinajstić information content (AvgIpc) is 3.17. The van der Waals surface area contributed by atoms with Crippen LogP contribution in [-0.2, 0) is 0 Å². The first-order valence-corrected chi connectivity index (χ1v) is 8.93. The third-order valence-corrected chi connectivity index (χ3v) is 5.97. The van der Waals surface area contributed by atoms with E-state index < -0.39 is 5.63 Å². The summed E-state index contributed by atoms with van der Waals surface area (Å²) in [4.78, 5) is 24.7. The fraction of sp³-hybridized carbons (Fsp3) is 0.474. The van der Waals surface area contributed by atoms with Gasteiger partial charge in [-0.3, -0.25) is 4.79 Å². The molecular formula is C19H20ClNO3. The van der Waals surface area contributed by atoms with E-state index in [0.717, 1.165) is 11.8 Å². The molecule has 126 valence electrons. The largest absolute Gasteiger partial charge is 0.422 e. The van der Waals surface area contributed by atoms with Crippen molar-refractivity contribution in [2.24, 2.45) is 17.8 Å². The van der Waals surface area contributed by atoms with E-state index in [-0.39, 0.29) is 17.5 Å². The first kappa shape index (κ1) is 15.7. The van der Waals surface area contributed by atoms with Crippen LogP contribution in [0.25, 0.3) is 11.0 Å². The van der Waals surface area contributed by atoms with Gasteiger partial charge in [0.1, 0.15) is 11.1 Å². The number of hydrogen-bond donors (Lipinski definition) is 1. The van der Waals surface area contributed by atoms with Crippen molar-refractivity contribution in [3.05, 3.63) is 45.3 Å². The summed E-state index contributed by atoms with van der Waals surface area (Å²) in [7, 11) is 0. The Morgan fingerprint density at radius 3 is 2.83 bits per heavy atom. The minimum absolute atomic E-state index is 0.0415. The van der Waals surface area contributed by atoms with Crippen LogP contribution in [0, 0.1) is 17.8 Å². The van der Waals surface area contributed by atoms with Crippen molar-refractivity contribution in [1.82, 2.24) is 5.32 Å². The molecule has 2 fully saturated rings. The quantitative estimate of drug-likeness (QED) is 0.855. The Balaban J connectivity index is 1.56. The van der Waals surface area contributed by atoms with Crippen molar-refractivity contribution in [3.63, 3.8) is 0 Å². The summed E-state index contributed by atoms with van der Waals surface area (Å²) in [6.07, 6.45) is 5.08. The van der Waals surface area contributed by atoms with E-state index in [1.165, 1.54) is 25.7 Å². The van der Waals surface area contributed by atoms with Crippen LogP contribution in [0.3, 0.4) is 0 Å². The van der Waals surface area contributed by atoms with Gasteiger partial charge in [0.25, 0.3) is 5.91 Å². The van der Waals surface area contributed by atoms with E-state index in [4.69, 9.17) is 16.0 Å². The smallest absolute Gasteiger partial charge is 0.349 e. The highest BCUT2D eigenvalue weighted by molar-refractivity contribution is 6.31. The summed E-state index contributed by atoms with van der Waals surface area (Å²) < 4.78 is 5.25. The fourth-order valence-corrected chi connectivity index (χ4v) is 4.73. The topological polar surface area (TPSA) is 59.3 Å². The highest BCUT2D eigenvalue weighted by atomic mass is 35.5. The lowest BCUT2D eigenvalue weighted by Crippen LogP contribution is -2.41. The second kappa shape index (κ2) is 5.92. The number of hydrogen-bond acceptors (Lipinski definition) is 3. The van der Waals surface area contributed by atoms with E-state index >= 15 is 0 Å². The molecule has 1 N–H and O–H groups in total. The number of fused-ring (bicyclic) bond motifs is 3. The average molecular weight is 346 g/mol. The van der Waals surface area contributed by atoms with Gasteiger partial charge in [0.15, 0.2) is 0 Å². The minimum Gasteiger partial charge on any atom is -0.422 e. The molecule has 2 aliphatic rings. The highest BCUT2D eigenvalue weighted by Crippen LogP contribution is 2.49. The van der Waals surface area contributed by atoms with Crippen molar-refractivity contribution in [2.75, 3.05) is 0 Å². The Kier molecular flexibility index (Phi) is 3.87. The van der Waals surface area contributed by atoms with Crippen molar-refractivity contribution >= 4 is 28.5 Å². The Morgan fingerprint density at radius 1 is 1.29 bits per heavy atom. The number of carbonyl (C=O) groups excluding carboxylic acids is 1. The molecule has 2 aromatic rings. The number of carbonyl (C=O) groups is 1. The molecule has 0 unspecified atom stereocenters. The van der Waals surface area contributed by atoms with Gasteiger partial charge in [-0.15, -0.1) is 0 Å². The number of benzene rings is 1. The van der Waals surface area contributed by atoms with Crippen LogP contribution < -0.4 is 10.9 Å². The summed E-state index contributed by atoms with van der Waals surface area (Å²) in [6, 6.07) is 6.62. The molecule has 4 atom stereocenters. The van der Waals surface area contributed by atoms with Crippen molar-refractivity contribution in [3.8, 4) is 0 Å². The van der Waals surface area contributed by atoms with Crippen LogP contribution in [-0.4, -0.2) is 11.9 Å². The number of rotatable bonds is 3. The van der Waals surface area contributed by atoms with E-state index in [1.807, 2.05) is 6.92 Å². The maximum atomic E-state index is 12.6. The molecule has 4 nitrogen and oxygen atoms in total. The second-order valence-corrected chi connectivity index (χ2v) is 7.67. The van der Waals surface area contributed by atoms with E-state index in [1.54, 1.807) is 24.3 Å². The lowest BCUT2D eigenvalue weighted by molar-refractivity contribution is 0.0911. The Hall–Kier alpha value is -1.81. The normalized spacial score (nSPS) is 26.7. The first-order valence-electron chi connectivity index (χ1n) is 8.55. The number of amides is 1. The van der Waals surface area contributed by atoms with Gasteiger partial charge in [0.05, 0.1) is 0 Å². The van der Waals surface area contributed by atoms with Gasteiger partial charge in [0.2, 0.25) is 0 Å². The molecule has 0 spiro atoms. The molecule has 2 bridgehead atoms.